The molecule has 1 aromatic carbocycles. The Hall–Kier alpha value is -1.27. The molecule has 0 aliphatic rings. The van der Waals surface area contributed by atoms with Crippen molar-refractivity contribution in [2.75, 3.05) is 0 Å². The molecule has 138 valence electrons. The Morgan fingerprint density at radius 3 is 2.25 bits per heavy atom. The number of hydrogen-bond acceptors (Lipinski definition) is 2. The molecule has 0 aliphatic carbocycles. The number of halogens is 4. The first-order valence-electron chi connectivity index (χ1n) is 7.81. The van der Waals surface area contributed by atoms with Crippen molar-refractivity contribution in [1.29, 1.82) is 0 Å². The van der Waals surface area contributed by atoms with Crippen molar-refractivity contribution in [1.82, 2.24) is 5.32 Å². The zero-order valence-electron chi connectivity index (χ0n) is 14.4. The molecule has 0 saturated carbocycles. The maximum atomic E-state index is 13.1. The lowest BCUT2D eigenvalue weighted by atomic mass is 9.89. The van der Waals surface area contributed by atoms with E-state index in [1.165, 1.54) is 12.1 Å². The summed E-state index contributed by atoms with van der Waals surface area (Å²) in [6.45, 7) is 7.17. The molecule has 0 radical (unpaired) electrons. The van der Waals surface area contributed by atoms with Gasteiger partial charge in [0.15, 0.2) is 0 Å². The maximum absolute atomic E-state index is 13.1. The number of benzene rings is 1. The Morgan fingerprint density at radius 1 is 1.21 bits per heavy atom. The predicted octanol–water partition coefficient (Wildman–Crippen LogP) is 4.11. The molecule has 0 fully saturated rings. The lowest BCUT2D eigenvalue weighted by Crippen LogP contribution is -2.48. The minimum Gasteiger partial charge on any atom is -0.352 e. The molecule has 3 nitrogen and oxygen atoms in total. The maximum Gasteiger partial charge on any atom is 0.416 e. The van der Waals surface area contributed by atoms with Gasteiger partial charge in [-0.15, -0.1) is 12.4 Å². The molecule has 0 bridgehead atoms. The Morgan fingerprint density at radius 2 is 1.75 bits per heavy atom. The molecular weight excluding hydrogens is 341 g/mol. The van der Waals surface area contributed by atoms with Gasteiger partial charge in [-0.05, 0) is 24.5 Å². The third-order valence-electron chi connectivity index (χ3n) is 4.44. The van der Waals surface area contributed by atoms with Crippen LogP contribution in [-0.2, 0) is 11.0 Å². The lowest BCUT2D eigenvalue weighted by Gasteiger charge is -2.27. The number of hydrogen-bond donors (Lipinski definition) is 2. The number of nitrogens with two attached hydrogens (primary N) is 1. The Labute approximate surface area is 147 Å². The summed E-state index contributed by atoms with van der Waals surface area (Å²) < 4.78 is 39.3. The van der Waals surface area contributed by atoms with Gasteiger partial charge in [0.2, 0.25) is 5.91 Å². The van der Waals surface area contributed by atoms with Crippen molar-refractivity contribution < 1.29 is 18.0 Å². The van der Waals surface area contributed by atoms with E-state index in [4.69, 9.17) is 5.73 Å². The summed E-state index contributed by atoms with van der Waals surface area (Å²) in [7, 11) is 0. The molecule has 0 aromatic heterocycles. The van der Waals surface area contributed by atoms with Gasteiger partial charge in [-0.2, -0.15) is 13.2 Å². The van der Waals surface area contributed by atoms with Crippen molar-refractivity contribution in [3.8, 4) is 0 Å². The first kappa shape index (κ1) is 22.7. The van der Waals surface area contributed by atoms with Gasteiger partial charge in [-0.3, -0.25) is 4.79 Å². The topological polar surface area (TPSA) is 55.1 Å². The Balaban J connectivity index is 0.00000529. The number of nitrogens with one attached hydrogen (secondary N) is 1. The number of rotatable bonds is 6. The first-order valence-corrected chi connectivity index (χ1v) is 7.81. The lowest BCUT2D eigenvalue weighted by molar-refractivity contribution is -0.138. The zero-order chi connectivity index (χ0) is 17.8. The molecule has 1 aromatic rings. The monoisotopic (exact) mass is 366 g/mol. The zero-order valence-corrected chi connectivity index (χ0v) is 15.2. The molecule has 4 atom stereocenters. The molecular formula is C17H26ClF3N2O. The largest absolute Gasteiger partial charge is 0.416 e. The van der Waals surface area contributed by atoms with Gasteiger partial charge in [-0.25, -0.2) is 0 Å². The van der Waals surface area contributed by atoms with Gasteiger partial charge in [0.25, 0.3) is 0 Å². The molecule has 4 unspecified atom stereocenters. The molecule has 0 aliphatic heterocycles. The number of alkyl halides is 3. The van der Waals surface area contributed by atoms with Crippen LogP contribution in [0.25, 0.3) is 0 Å². The summed E-state index contributed by atoms with van der Waals surface area (Å²) in [4.78, 5) is 12.1. The van der Waals surface area contributed by atoms with E-state index in [-0.39, 0.29) is 29.8 Å². The van der Waals surface area contributed by atoms with E-state index >= 15 is 0 Å². The van der Waals surface area contributed by atoms with Crippen LogP contribution in [0.1, 0.15) is 51.2 Å². The van der Waals surface area contributed by atoms with Crippen LogP contribution in [0.3, 0.4) is 0 Å². The van der Waals surface area contributed by atoms with Gasteiger partial charge in [-0.1, -0.05) is 45.4 Å². The van der Waals surface area contributed by atoms with Gasteiger partial charge in [0.05, 0.1) is 11.6 Å². The van der Waals surface area contributed by atoms with Crippen molar-refractivity contribution in [3.05, 3.63) is 35.4 Å². The van der Waals surface area contributed by atoms with Crippen LogP contribution in [-0.4, -0.2) is 18.0 Å². The van der Waals surface area contributed by atoms with Crippen LogP contribution in [0.15, 0.2) is 24.3 Å². The Kier molecular flexibility index (Phi) is 8.78. The van der Waals surface area contributed by atoms with E-state index in [9.17, 15) is 18.0 Å². The standard InChI is InChI=1S/C17H25F3N2O.ClH/c1-5-10(2)15(21)16(23)22-12(4)11(3)13-8-6-7-9-14(13)17(18,19)20;/h6-12,15H,5,21H2,1-4H3,(H,22,23);1H. The van der Waals surface area contributed by atoms with E-state index in [2.05, 4.69) is 5.32 Å². The summed E-state index contributed by atoms with van der Waals surface area (Å²) in [5.41, 5.74) is 5.37. The molecule has 0 spiro atoms. The third kappa shape index (κ3) is 5.67. The average Bonchev–Trinajstić information content (AvgIpc) is 2.51. The number of carbonyl (C=O) groups is 1. The van der Waals surface area contributed by atoms with E-state index < -0.39 is 29.7 Å². The van der Waals surface area contributed by atoms with Crippen LogP contribution in [0.2, 0.25) is 0 Å². The molecule has 3 N–H and O–H groups in total. The summed E-state index contributed by atoms with van der Waals surface area (Å²) in [6.07, 6.45) is -3.66. The highest BCUT2D eigenvalue weighted by Crippen LogP contribution is 2.35. The van der Waals surface area contributed by atoms with Crippen molar-refractivity contribution in [2.24, 2.45) is 11.7 Å². The SMILES string of the molecule is CCC(C)C(N)C(=O)NC(C)C(C)c1ccccc1C(F)(F)F.Cl. The quantitative estimate of drug-likeness (QED) is 0.796. The molecule has 1 rings (SSSR count). The van der Waals surface area contributed by atoms with Crippen molar-refractivity contribution in [2.45, 2.75) is 58.3 Å². The Bertz CT molecular complexity index is 537. The van der Waals surface area contributed by atoms with Crippen LogP contribution < -0.4 is 11.1 Å². The smallest absolute Gasteiger partial charge is 0.352 e. The summed E-state index contributed by atoms with van der Waals surface area (Å²) >= 11 is 0. The van der Waals surface area contributed by atoms with Crippen LogP contribution >= 0.6 is 12.4 Å². The van der Waals surface area contributed by atoms with Crippen molar-refractivity contribution >= 4 is 18.3 Å². The minimum absolute atomic E-state index is 0. The fraction of sp³-hybridized carbons (Fsp3) is 0.588. The highest BCUT2D eigenvalue weighted by molar-refractivity contribution is 5.85. The average molecular weight is 367 g/mol. The summed E-state index contributed by atoms with van der Waals surface area (Å²) in [6, 6.07) is 4.33. The number of carbonyl (C=O) groups excluding carboxylic acids is 1. The highest BCUT2D eigenvalue weighted by atomic mass is 35.5. The predicted molar refractivity (Wildman–Crippen MR) is 92.1 cm³/mol. The second-order valence-corrected chi connectivity index (χ2v) is 6.08. The van der Waals surface area contributed by atoms with Gasteiger partial charge < -0.3 is 11.1 Å². The fourth-order valence-electron chi connectivity index (χ4n) is 2.38. The van der Waals surface area contributed by atoms with Crippen LogP contribution in [0.4, 0.5) is 13.2 Å². The molecule has 24 heavy (non-hydrogen) atoms. The second kappa shape index (κ2) is 9.28. The summed E-state index contributed by atoms with van der Waals surface area (Å²) in [5, 5.41) is 2.74. The van der Waals surface area contributed by atoms with Crippen LogP contribution in [0, 0.1) is 5.92 Å². The summed E-state index contributed by atoms with van der Waals surface area (Å²) in [5.74, 6) is -0.802. The van der Waals surface area contributed by atoms with E-state index in [0.717, 1.165) is 12.5 Å². The second-order valence-electron chi connectivity index (χ2n) is 6.08. The third-order valence-corrected chi connectivity index (χ3v) is 4.44. The van der Waals surface area contributed by atoms with E-state index in [1.807, 2.05) is 13.8 Å². The first-order chi connectivity index (χ1) is 10.6. The van der Waals surface area contributed by atoms with Gasteiger partial charge >= 0.3 is 6.18 Å². The molecule has 7 heteroatoms. The number of amides is 1. The fourth-order valence-corrected chi connectivity index (χ4v) is 2.38. The molecule has 1 amide bonds. The van der Waals surface area contributed by atoms with Gasteiger partial charge in [0, 0.05) is 12.0 Å². The minimum atomic E-state index is -4.41. The molecule has 0 saturated heterocycles. The highest BCUT2D eigenvalue weighted by Gasteiger charge is 2.35. The van der Waals surface area contributed by atoms with Crippen LogP contribution in [0.5, 0.6) is 0 Å². The van der Waals surface area contributed by atoms with E-state index in [0.29, 0.717) is 0 Å². The normalized spacial score (nSPS) is 16.5. The molecule has 0 heterocycles. The van der Waals surface area contributed by atoms with Gasteiger partial charge in [0.1, 0.15) is 0 Å². The van der Waals surface area contributed by atoms with E-state index in [1.54, 1.807) is 19.9 Å². The van der Waals surface area contributed by atoms with Crippen molar-refractivity contribution in [3.63, 3.8) is 0 Å².